The molecule has 0 N–H and O–H groups in total. The largest absolute Gasteiger partial charge is 0.342 e. The number of carbonyl (C=O) groups is 1. The smallest absolute Gasteiger partial charge is 0.212 e. The van der Waals surface area contributed by atoms with Crippen molar-refractivity contribution in [1.82, 2.24) is 5.06 Å². The van der Waals surface area contributed by atoms with Gasteiger partial charge in [0.25, 0.3) is 0 Å². The predicted octanol–water partition coefficient (Wildman–Crippen LogP) is 6.27. The Bertz CT molecular complexity index is 892. The van der Waals surface area contributed by atoms with E-state index in [-0.39, 0.29) is 11.8 Å². The molecule has 3 nitrogen and oxygen atoms in total. The Labute approximate surface area is 175 Å². The molecule has 0 fully saturated rings. The molecule has 3 aromatic rings. The summed E-state index contributed by atoms with van der Waals surface area (Å²) in [4.78, 5) is 13.1. The quantitative estimate of drug-likeness (QED) is 0.240. The Kier molecular flexibility index (Phi) is 7.15. The highest BCUT2D eigenvalue weighted by Crippen LogP contribution is 2.30. The van der Waals surface area contributed by atoms with Crippen LogP contribution < -0.4 is 0 Å². The van der Waals surface area contributed by atoms with E-state index in [1.807, 2.05) is 71.8 Å². The molecule has 150 valence electrons. The van der Waals surface area contributed by atoms with Gasteiger partial charge in [-0.1, -0.05) is 91.0 Å². The zero-order valence-corrected chi connectivity index (χ0v) is 18.4. The number of hydrogen-bond acceptors (Lipinski definition) is 3. The molecular weight excluding hydrogens is 374 g/mol. The predicted molar refractivity (Wildman–Crippen MR) is 121 cm³/mol. The lowest BCUT2D eigenvalue weighted by Gasteiger charge is -2.36. The lowest BCUT2D eigenvalue weighted by Crippen LogP contribution is -2.40. The van der Waals surface area contributed by atoms with Crippen LogP contribution in [0.25, 0.3) is 0 Å². The number of benzene rings is 3. The molecule has 29 heavy (non-hydrogen) atoms. The van der Waals surface area contributed by atoms with Crippen LogP contribution in [-0.4, -0.2) is 19.2 Å². The summed E-state index contributed by atoms with van der Waals surface area (Å²) in [5.74, 6) is 0.122. The molecule has 1 unspecified atom stereocenters. The van der Waals surface area contributed by atoms with Crippen LogP contribution in [-0.2, 0) is 11.1 Å². The molecule has 3 aromatic carbocycles. The van der Waals surface area contributed by atoms with Gasteiger partial charge in [0, 0.05) is 18.5 Å². The van der Waals surface area contributed by atoms with Gasteiger partial charge in [-0.25, -0.2) is 0 Å². The first-order valence-electron chi connectivity index (χ1n) is 10.1. The third kappa shape index (κ3) is 6.50. The monoisotopic (exact) mass is 403 g/mol. The van der Waals surface area contributed by atoms with Crippen molar-refractivity contribution >= 4 is 14.1 Å². The molecule has 0 heterocycles. The number of ketones is 1. The van der Waals surface area contributed by atoms with Gasteiger partial charge < -0.3 is 4.53 Å². The van der Waals surface area contributed by atoms with Gasteiger partial charge in [-0.05, 0) is 30.8 Å². The molecule has 0 aliphatic heterocycles. The van der Waals surface area contributed by atoms with Crippen LogP contribution in [0.4, 0.5) is 0 Å². The van der Waals surface area contributed by atoms with E-state index in [0.717, 1.165) is 11.1 Å². The number of hydrogen-bond donors (Lipinski definition) is 0. The summed E-state index contributed by atoms with van der Waals surface area (Å²) < 4.78 is 6.52. The molecule has 0 saturated carbocycles. The molecule has 0 amide bonds. The first-order valence-corrected chi connectivity index (χ1v) is 13.5. The number of nitrogens with zero attached hydrogens (tertiary/aromatic N) is 1. The number of hydroxylamine groups is 2. The van der Waals surface area contributed by atoms with Crippen molar-refractivity contribution in [3.63, 3.8) is 0 Å². The van der Waals surface area contributed by atoms with E-state index in [1.165, 1.54) is 5.56 Å². The number of Topliss-reactive ketones (excluding diaryl/α,β-unsaturated/α-hetero) is 1. The molecule has 0 saturated heterocycles. The molecule has 0 aliphatic carbocycles. The Morgan fingerprint density at radius 1 is 0.828 bits per heavy atom. The summed E-state index contributed by atoms with van der Waals surface area (Å²) in [5, 5.41) is 2.03. The summed E-state index contributed by atoms with van der Waals surface area (Å²) in [7, 11) is -1.89. The summed E-state index contributed by atoms with van der Waals surface area (Å²) in [6.45, 7) is 7.15. The van der Waals surface area contributed by atoms with Crippen LogP contribution in [0.15, 0.2) is 91.0 Å². The molecule has 0 spiro atoms. The molecular formula is C25H29NO2Si. The van der Waals surface area contributed by atoms with Crippen LogP contribution in [0, 0.1) is 0 Å². The molecule has 0 aliphatic rings. The Balaban J connectivity index is 1.94. The lowest BCUT2D eigenvalue weighted by molar-refractivity contribution is -0.115. The molecule has 1 atom stereocenters. The highest BCUT2D eigenvalue weighted by atomic mass is 28.4. The van der Waals surface area contributed by atoms with Crippen molar-refractivity contribution < 1.29 is 9.32 Å². The van der Waals surface area contributed by atoms with Crippen LogP contribution in [0.3, 0.4) is 0 Å². The molecule has 0 bridgehead atoms. The second kappa shape index (κ2) is 9.79. The van der Waals surface area contributed by atoms with Crippen molar-refractivity contribution in [2.45, 2.75) is 38.6 Å². The van der Waals surface area contributed by atoms with E-state index >= 15 is 0 Å². The molecule has 0 aromatic heterocycles. The molecule has 3 rings (SSSR count). The lowest BCUT2D eigenvalue weighted by atomic mass is 9.97. The fourth-order valence-electron chi connectivity index (χ4n) is 3.30. The molecule has 4 heteroatoms. The zero-order valence-electron chi connectivity index (χ0n) is 17.4. The third-order valence-electron chi connectivity index (χ3n) is 4.58. The maximum absolute atomic E-state index is 13.1. The van der Waals surface area contributed by atoms with E-state index in [1.54, 1.807) is 0 Å². The van der Waals surface area contributed by atoms with Gasteiger partial charge in [0.1, 0.15) is 0 Å². The topological polar surface area (TPSA) is 29.5 Å². The van der Waals surface area contributed by atoms with E-state index in [9.17, 15) is 4.79 Å². The maximum Gasteiger partial charge on any atom is 0.212 e. The third-order valence-corrected chi connectivity index (χ3v) is 5.36. The van der Waals surface area contributed by atoms with Gasteiger partial charge in [-0.2, -0.15) is 5.06 Å². The fraction of sp³-hybridized carbons (Fsp3) is 0.240. The van der Waals surface area contributed by atoms with Crippen LogP contribution in [0.2, 0.25) is 19.6 Å². The SMILES string of the molecule is C[Si](C)(C)ON(Cc1ccccc1)C(CC(=O)c1ccccc1)c1ccccc1. The minimum absolute atomic E-state index is 0.122. The van der Waals surface area contributed by atoms with Crippen molar-refractivity contribution in [3.8, 4) is 0 Å². The Morgan fingerprint density at radius 3 is 1.90 bits per heavy atom. The van der Waals surface area contributed by atoms with Gasteiger partial charge in [0.05, 0.1) is 6.04 Å². The average Bonchev–Trinajstić information content (AvgIpc) is 2.72. The van der Waals surface area contributed by atoms with Crippen molar-refractivity contribution in [2.75, 3.05) is 0 Å². The summed E-state index contributed by atoms with van der Waals surface area (Å²) in [6.07, 6.45) is 0.366. The average molecular weight is 404 g/mol. The van der Waals surface area contributed by atoms with Gasteiger partial charge in [-0.15, -0.1) is 0 Å². The van der Waals surface area contributed by atoms with Crippen LogP contribution in [0.5, 0.6) is 0 Å². The van der Waals surface area contributed by atoms with E-state index in [2.05, 4.69) is 43.9 Å². The van der Waals surface area contributed by atoms with Crippen molar-refractivity contribution in [2.24, 2.45) is 0 Å². The first kappa shape index (κ1) is 21.2. The van der Waals surface area contributed by atoms with Crippen LogP contribution >= 0.6 is 0 Å². The number of rotatable bonds is 9. The second-order valence-corrected chi connectivity index (χ2v) is 12.6. The fourth-order valence-corrected chi connectivity index (χ4v) is 4.20. The van der Waals surface area contributed by atoms with E-state index < -0.39 is 8.32 Å². The minimum Gasteiger partial charge on any atom is -0.342 e. The van der Waals surface area contributed by atoms with Crippen molar-refractivity contribution in [3.05, 3.63) is 108 Å². The van der Waals surface area contributed by atoms with E-state index in [0.29, 0.717) is 13.0 Å². The minimum atomic E-state index is -1.89. The normalized spacial score (nSPS) is 12.7. The number of carbonyl (C=O) groups excluding carboxylic acids is 1. The van der Waals surface area contributed by atoms with Gasteiger partial charge >= 0.3 is 0 Å². The Hall–Kier alpha value is -2.53. The summed E-state index contributed by atoms with van der Waals surface area (Å²) in [5.41, 5.74) is 2.99. The highest BCUT2D eigenvalue weighted by molar-refractivity contribution is 6.69. The van der Waals surface area contributed by atoms with Gasteiger partial charge in [0.15, 0.2) is 5.78 Å². The van der Waals surface area contributed by atoms with Gasteiger partial charge in [-0.3, -0.25) is 4.79 Å². The maximum atomic E-state index is 13.1. The zero-order chi connectivity index (χ0) is 20.7. The van der Waals surface area contributed by atoms with Gasteiger partial charge in [0.2, 0.25) is 8.32 Å². The standard InChI is InChI=1S/C25H29NO2Si/c1-29(2,3)28-26(20-21-13-7-4-8-14-21)24(22-15-9-5-10-16-22)19-25(27)23-17-11-6-12-18-23/h4-18,24H,19-20H2,1-3H3. The van der Waals surface area contributed by atoms with E-state index in [4.69, 9.17) is 4.53 Å². The second-order valence-electron chi connectivity index (χ2n) is 8.18. The Morgan fingerprint density at radius 2 is 1.34 bits per heavy atom. The van der Waals surface area contributed by atoms with Crippen LogP contribution in [0.1, 0.15) is 33.9 Å². The molecule has 0 radical (unpaired) electrons. The summed E-state index contributed by atoms with van der Waals surface area (Å²) >= 11 is 0. The first-order chi connectivity index (χ1) is 13.9. The summed E-state index contributed by atoms with van der Waals surface area (Å²) in [6, 6.07) is 29.8. The highest BCUT2D eigenvalue weighted by Gasteiger charge is 2.29. The van der Waals surface area contributed by atoms with Crippen molar-refractivity contribution in [1.29, 1.82) is 0 Å².